The van der Waals surface area contributed by atoms with Gasteiger partial charge in [-0.3, -0.25) is 5.43 Å². The Kier molecular flexibility index (Phi) is 4.99. The Labute approximate surface area is 152 Å². The molecule has 0 aliphatic rings. The molecule has 0 heterocycles. The van der Waals surface area contributed by atoms with Crippen LogP contribution in [0.4, 0.5) is 14.5 Å². The molecular formula is C19H15BrF2N2O. The third-order valence-electron chi connectivity index (χ3n) is 3.83. The van der Waals surface area contributed by atoms with E-state index in [9.17, 15) is 8.78 Å². The Balaban J connectivity index is 2.01. The van der Waals surface area contributed by atoms with Crippen molar-refractivity contribution in [3.05, 3.63) is 70.2 Å². The number of hydrogen-bond donors (Lipinski definition) is 1. The highest BCUT2D eigenvalue weighted by Crippen LogP contribution is 2.35. The third-order valence-corrected chi connectivity index (χ3v) is 4.68. The van der Waals surface area contributed by atoms with Gasteiger partial charge in [0.25, 0.3) is 0 Å². The molecule has 6 heteroatoms. The predicted octanol–water partition coefficient (Wildman–Crippen LogP) is 5.73. The summed E-state index contributed by atoms with van der Waals surface area (Å²) < 4.78 is 33.0. The van der Waals surface area contributed by atoms with Crippen LogP contribution in [0.5, 0.6) is 5.75 Å². The van der Waals surface area contributed by atoms with Gasteiger partial charge in [-0.05, 0) is 41.1 Å². The van der Waals surface area contributed by atoms with Crippen molar-refractivity contribution in [1.82, 2.24) is 0 Å². The number of nitrogens with zero attached hydrogens (tertiary/aromatic N) is 1. The molecule has 3 aromatic rings. The Morgan fingerprint density at radius 1 is 1.08 bits per heavy atom. The van der Waals surface area contributed by atoms with Crippen molar-refractivity contribution in [1.29, 1.82) is 0 Å². The van der Waals surface area contributed by atoms with Crippen LogP contribution in [0.15, 0.2) is 58.1 Å². The summed E-state index contributed by atoms with van der Waals surface area (Å²) in [5.41, 5.74) is 4.17. The van der Waals surface area contributed by atoms with Gasteiger partial charge in [0.05, 0.1) is 18.5 Å². The summed E-state index contributed by atoms with van der Waals surface area (Å²) in [7, 11) is 1.61. The molecule has 0 atom stereocenters. The quantitative estimate of drug-likeness (QED) is 0.445. The molecule has 0 saturated carbocycles. The van der Waals surface area contributed by atoms with Crippen molar-refractivity contribution in [3.63, 3.8) is 0 Å². The molecule has 3 rings (SSSR count). The molecule has 3 aromatic carbocycles. The van der Waals surface area contributed by atoms with E-state index in [1.54, 1.807) is 14.0 Å². The maximum Gasteiger partial charge on any atom is 0.151 e. The lowest BCUT2D eigenvalue weighted by Gasteiger charge is -2.12. The van der Waals surface area contributed by atoms with Crippen LogP contribution < -0.4 is 10.2 Å². The van der Waals surface area contributed by atoms with E-state index in [1.165, 1.54) is 12.1 Å². The number of hydrazone groups is 1. The zero-order valence-electron chi connectivity index (χ0n) is 13.6. The fraction of sp³-hybridized carbons (Fsp3) is 0.105. The molecule has 0 unspecified atom stereocenters. The summed E-state index contributed by atoms with van der Waals surface area (Å²) in [6.07, 6.45) is 0. The minimum Gasteiger partial charge on any atom is -0.496 e. The smallest absolute Gasteiger partial charge is 0.151 e. The molecule has 0 aliphatic heterocycles. The van der Waals surface area contributed by atoms with Crippen molar-refractivity contribution in [2.75, 3.05) is 12.5 Å². The molecule has 0 spiro atoms. The van der Waals surface area contributed by atoms with E-state index in [2.05, 4.69) is 26.5 Å². The minimum atomic E-state index is -0.702. The van der Waals surface area contributed by atoms with Gasteiger partial charge in [-0.2, -0.15) is 5.10 Å². The Bertz CT molecular complexity index is 973. The third kappa shape index (κ3) is 3.49. The van der Waals surface area contributed by atoms with Crippen molar-refractivity contribution >= 4 is 38.1 Å². The summed E-state index contributed by atoms with van der Waals surface area (Å²) in [5, 5.41) is 6.18. The maximum absolute atomic E-state index is 13.7. The lowest BCUT2D eigenvalue weighted by molar-refractivity contribution is 0.419. The first kappa shape index (κ1) is 17.4. The maximum atomic E-state index is 13.7. The topological polar surface area (TPSA) is 33.6 Å². The second kappa shape index (κ2) is 7.19. The van der Waals surface area contributed by atoms with E-state index < -0.39 is 11.6 Å². The molecular weight excluding hydrogens is 390 g/mol. The zero-order chi connectivity index (χ0) is 18.0. The van der Waals surface area contributed by atoms with Gasteiger partial charge >= 0.3 is 0 Å². The van der Waals surface area contributed by atoms with Crippen LogP contribution in [0.3, 0.4) is 0 Å². The molecule has 3 nitrogen and oxygen atoms in total. The number of anilines is 1. The van der Waals surface area contributed by atoms with Gasteiger partial charge in [0.2, 0.25) is 0 Å². The fourth-order valence-electron chi connectivity index (χ4n) is 2.52. The van der Waals surface area contributed by atoms with E-state index >= 15 is 0 Å². The van der Waals surface area contributed by atoms with Crippen molar-refractivity contribution in [3.8, 4) is 5.75 Å². The van der Waals surface area contributed by atoms with Gasteiger partial charge in [0.15, 0.2) is 5.82 Å². The molecule has 0 amide bonds. The monoisotopic (exact) mass is 404 g/mol. The van der Waals surface area contributed by atoms with E-state index in [1.807, 2.05) is 30.3 Å². The lowest BCUT2D eigenvalue weighted by atomic mass is 10.0. The molecule has 0 fully saturated rings. The molecule has 25 heavy (non-hydrogen) atoms. The standard InChI is InChI=1S/C19H15BrF2N2O/c1-11(23-24-17-8-7-12(21)9-16(17)22)15-10-18(25-2)13-5-3-4-6-14(13)19(15)20/h3-10,24H,1-2H3. The summed E-state index contributed by atoms with van der Waals surface area (Å²) in [5.74, 6) is -0.617. The first-order chi connectivity index (χ1) is 12.0. The van der Waals surface area contributed by atoms with Crippen LogP contribution in [-0.2, 0) is 0 Å². The Morgan fingerprint density at radius 3 is 2.48 bits per heavy atom. The summed E-state index contributed by atoms with van der Waals surface area (Å²) in [6, 6.07) is 13.0. The minimum absolute atomic E-state index is 0.102. The van der Waals surface area contributed by atoms with Gasteiger partial charge < -0.3 is 4.74 Å². The molecule has 1 N–H and O–H groups in total. The number of hydrogen-bond acceptors (Lipinski definition) is 3. The SMILES string of the molecule is COc1cc(C(C)=NNc2ccc(F)cc2F)c(Br)c2ccccc12. The van der Waals surface area contributed by atoms with E-state index in [0.717, 1.165) is 32.6 Å². The molecule has 0 radical (unpaired) electrons. The fourth-order valence-corrected chi connectivity index (χ4v) is 3.27. The van der Waals surface area contributed by atoms with Gasteiger partial charge in [0, 0.05) is 26.9 Å². The van der Waals surface area contributed by atoms with Gasteiger partial charge in [-0.1, -0.05) is 24.3 Å². The zero-order valence-corrected chi connectivity index (χ0v) is 15.2. The molecule has 0 aromatic heterocycles. The van der Waals surface area contributed by atoms with Crippen molar-refractivity contribution < 1.29 is 13.5 Å². The molecule has 0 aliphatic carbocycles. The van der Waals surface area contributed by atoms with Gasteiger partial charge in [0.1, 0.15) is 11.6 Å². The predicted molar refractivity (Wildman–Crippen MR) is 100 cm³/mol. The second-order valence-electron chi connectivity index (χ2n) is 5.42. The van der Waals surface area contributed by atoms with E-state index in [4.69, 9.17) is 4.74 Å². The van der Waals surface area contributed by atoms with Gasteiger partial charge in [-0.25, -0.2) is 8.78 Å². The van der Waals surface area contributed by atoms with Crippen molar-refractivity contribution in [2.24, 2.45) is 5.10 Å². The molecule has 0 saturated heterocycles. The Hall–Kier alpha value is -2.47. The largest absolute Gasteiger partial charge is 0.496 e. The number of methoxy groups -OCH3 is 1. The summed E-state index contributed by atoms with van der Waals surface area (Å²) >= 11 is 3.61. The second-order valence-corrected chi connectivity index (χ2v) is 6.21. The van der Waals surface area contributed by atoms with Crippen molar-refractivity contribution in [2.45, 2.75) is 6.92 Å². The lowest BCUT2D eigenvalue weighted by Crippen LogP contribution is -2.03. The van der Waals surface area contributed by atoms with Crippen LogP contribution in [-0.4, -0.2) is 12.8 Å². The average molecular weight is 405 g/mol. The van der Waals surface area contributed by atoms with Crippen LogP contribution in [0.25, 0.3) is 10.8 Å². The first-order valence-corrected chi connectivity index (χ1v) is 8.31. The van der Waals surface area contributed by atoms with Crippen LogP contribution in [0, 0.1) is 11.6 Å². The van der Waals surface area contributed by atoms with E-state index in [0.29, 0.717) is 5.71 Å². The number of benzene rings is 3. The highest BCUT2D eigenvalue weighted by Gasteiger charge is 2.13. The average Bonchev–Trinajstić information content (AvgIpc) is 2.61. The first-order valence-electron chi connectivity index (χ1n) is 7.52. The van der Waals surface area contributed by atoms with Crippen LogP contribution in [0.1, 0.15) is 12.5 Å². The number of halogens is 3. The van der Waals surface area contributed by atoms with E-state index in [-0.39, 0.29) is 5.69 Å². The molecule has 0 bridgehead atoms. The van der Waals surface area contributed by atoms with Crippen LogP contribution in [0.2, 0.25) is 0 Å². The van der Waals surface area contributed by atoms with Crippen LogP contribution >= 0.6 is 15.9 Å². The number of ether oxygens (including phenoxy) is 1. The van der Waals surface area contributed by atoms with Gasteiger partial charge in [-0.15, -0.1) is 0 Å². The highest BCUT2D eigenvalue weighted by atomic mass is 79.9. The highest BCUT2D eigenvalue weighted by molar-refractivity contribution is 9.10. The number of nitrogens with one attached hydrogen (secondary N) is 1. The summed E-state index contributed by atoms with van der Waals surface area (Å²) in [4.78, 5) is 0. The summed E-state index contributed by atoms with van der Waals surface area (Å²) in [6.45, 7) is 1.79. The normalized spacial score (nSPS) is 11.6. The Morgan fingerprint density at radius 2 is 1.80 bits per heavy atom. The number of fused-ring (bicyclic) bond motifs is 1. The molecule has 128 valence electrons. The number of rotatable bonds is 4.